The predicted molar refractivity (Wildman–Crippen MR) is 38.6 cm³/mol. The number of cyclic esters (lactones) is 1. The zero-order valence-electron chi connectivity index (χ0n) is 6.11. The molecule has 0 N–H and O–H groups in total. The summed E-state index contributed by atoms with van der Waals surface area (Å²) in [4.78, 5) is 10.3. The topological polar surface area (TPSA) is 29.5 Å². The zero-order valence-corrected chi connectivity index (χ0v) is 6.11. The number of ether oxygens (including phenoxy) is 1. The second kappa shape index (κ2) is 2.48. The van der Waals surface area contributed by atoms with Crippen LogP contribution in [0.2, 0.25) is 0 Å². The molecular formula is C8H6FNO2. The van der Waals surface area contributed by atoms with Crippen LogP contribution in [0.3, 0.4) is 0 Å². The molecule has 1 fully saturated rings. The number of nitrogens with zero attached hydrogens (tertiary/aromatic N) is 1. The number of carbonyl (C=O) groups is 1. The maximum Gasteiger partial charge on any atom is 0.444 e. The van der Waals surface area contributed by atoms with Gasteiger partial charge in [0.15, 0.2) is 0 Å². The van der Waals surface area contributed by atoms with Crippen LogP contribution in [-0.4, -0.2) is 11.2 Å². The molecule has 0 spiro atoms. The lowest BCUT2D eigenvalue weighted by atomic mass is 10.2. The van der Waals surface area contributed by atoms with Gasteiger partial charge in [-0.2, -0.15) is 0 Å². The number of hydrogen-bond acceptors (Lipinski definition) is 2. The summed E-state index contributed by atoms with van der Waals surface area (Å²) in [5.41, 5.74) is 0.639. The van der Waals surface area contributed by atoms with E-state index in [0.29, 0.717) is 5.56 Å². The van der Waals surface area contributed by atoms with E-state index in [9.17, 15) is 9.28 Å². The van der Waals surface area contributed by atoms with Gasteiger partial charge in [0.1, 0.15) is 0 Å². The van der Waals surface area contributed by atoms with Gasteiger partial charge >= 0.3 is 6.09 Å². The first-order chi connectivity index (χ1) is 5.79. The first kappa shape index (κ1) is 7.09. The molecular weight excluding hydrogens is 161 g/mol. The molecule has 3 nitrogen and oxygen atoms in total. The van der Waals surface area contributed by atoms with Gasteiger partial charge in [-0.05, 0) is 0 Å². The lowest BCUT2D eigenvalue weighted by molar-refractivity contribution is -0.191. The van der Waals surface area contributed by atoms with E-state index in [0.717, 1.165) is 0 Å². The van der Waals surface area contributed by atoms with E-state index in [1.165, 1.54) is 0 Å². The number of hydrogen-bond donors (Lipinski definition) is 0. The van der Waals surface area contributed by atoms with Gasteiger partial charge < -0.3 is 4.74 Å². The zero-order chi connectivity index (χ0) is 8.55. The Bertz CT molecular complexity index is 301. The fourth-order valence-electron chi connectivity index (χ4n) is 1.06. The first-order valence-electron chi connectivity index (χ1n) is 3.49. The molecule has 1 heterocycles. The third-order valence-electron chi connectivity index (χ3n) is 1.68. The van der Waals surface area contributed by atoms with Crippen molar-refractivity contribution in [3.8, 4) is 0 Å². The van der Waals surface area contributed by atoms with Gasteiger partial charge in [0.25, 0.3) is 0 Å². The maximum atomic E-state index is 12.6. The van der Waals surface area contributed by atoms with Gasteiger partial charge in [-0.25, -0.2) is 4.79 Å². The Labute approximate surface area is 68.3 Å². The van der Waals surface area contributed by atoms with Crippen LogP contribution in [0.25, 0.3) is 0 Å². The molecule has 0 aliphatic carbocycles. The number of halogens is 1. The maximum absolute atomic E-state index is 12.6. The van der Waals surface area contributed by atoms with Crippen molar-refractivity contribution in [3.63, 3.8) is 0 Å². The van der Waals surface area contributed by atoms with Crippen LogP contribution in [0.4, 0.5) is 9.28 Å². The van der Waals surface area contributed by atoms with Gasteiger partial charge in [-0.3, -0.25) is 0 Å². The van der Waals surface area contributed by atoms with Crippen LogP contribution < -0.4 is 0 Å². The number of benzene rings is 1. The molecule has 1 aromatic rings. The van der Waals surface area contributed by atoms with E-state index in [2.05, 4.69) is 4.74 Å². The van der Waals surface area contributed by atoms with E-state index >= 15 is 0 Å². The lowest BCUT2D eigenvalue weighted by Gasteiger charge is -2.31. The SMILES string of the molecule is O=C1O[C@@H](c2ccccc2)N1F. The standard InChI is InChI=1S/C8H6FNO2/c9-10-7(12-8(10)11)6-4-2-1-3-5-6/h1-5,7H/t7-/m0/s1. The smallest absolute Gasteiger partial charge is 0.416 e. The van der Waals surface area contributed by atoms with Crippen LogP contribution in [0.5, 0.6) is 0 Å². The molecule has 0 bridgehead atoms. The van der Waals surface area contributed by atoms with Gasteiger partial charge in [-0.15, -0.1) is 0 Å². The van der Waals surface area contributed by atoms with Crippen LogP contribution in [0.1, 0.15) is 11.8 Å². The van der Waals surface area contributed by atoms with Crippen LogP contribution in [-0.2, 0) is 4.74 Å². The van der Waals surface area contributed by atoms with Gasteiger partial charge in [0.2, 0.25) is 6.23 Å². The Morgan fingerprint density at radius 2 is 2.00 bits per heavy atom. The van der Waals surface area contributed by atoms with Gasteiger partial charge in [0.05, 0.1) is 0 Å². The highest BCUT2D eigenvalue weighted by Crippen LogP contribution is 2.31. The average molecular weight is 167 g/mol. The van der Waals surface area contributed by atoms with Crippen LogP contribution >= 0.6 is 0 Å². The molecule has 1 aliphatic heterocycles. The summed E-state index contributed by atoms with van der Waals surface area (Å²) in [5, 5.41) is 0.0648. The van der Waals surface area contributed by atoms with Crippen molar-refractivity contribution in [2.24, 2.45) is 0 Å². The predicted octanol–water partition coefficient (Wildman–Crippen LogP) is 2.02. The molecule has 1 amide bonds. The van der Waals surface area contributed by atoms with Crippen molar-refractivity contribution < 1.29 is 14.0 Å². The van der Waals surface area contributed by atoms with Crippen LogP contribution in [0, 0.1) is 0 Å². The molecule has 1 atom stereocenters. The fraction of sp³-hybridized carbons (Fsp3) is 0.125. The summed E-state index contributed by atoms with van der Waals surface area (Å²) in [6.45, 7) is 0. The number of rotatable bonds is 1. The fourth-order valence-corrected chi connectivity index (χ4v) is 1.06. The van der Waals surface area contributed by atoms with Gasteiger partial charge in [-0.1, -0.05) is 39.9 Å². The average Bonchev–Trinajstić information content (AvgIpc) is 2.15. The van der Waals surface area contributed by atoms with E-state index in [1.54, 1.807) is 24.3 Å². The minimum absolute atomic E-state index is 0.0648. The Balaban J connectivity index is 2.18. The van der Waals surface area contributed by atoms with Crippen molar-refractivity contribution in [1.29, 1.82) is 0 Å². The molecule has 62 valence electrons. The Hall–Kier alpha value is -1.58. The highest BCUT2D eigenvalue weighted by Gasteiger charge is 2.40. The quantitative estimate of drug-likeness (QED) is 0.599. The highest BCUT2D eigenvalue weighted by molar-refractivity contribution is 5.71. The minimum atomic E-state index is -0.927. The normalized spacial score (nSPS) is 21.6. The van der Waals surface area contributed by atoms with Crippen molar-refractivity contribution >= 4 is 6.09 Å². The Kier molecular flexibility index (Phi) is 1.46. The summed E-state index contributed by atoms with van der Waals surface area (Å²) < 4.78 is 17.2. The largest absolute Gasteiger partial charge is 0.444 e. The van der Waals surface area contributed by atoms with E-state index in [-0.39, 0.29) is 5.12 Å². The van der Waals surface area contributed by atoms with Crippen molar-refractivity contribution in [3.05, 3.63) is 35.9 Å². The summed E-state index contributed by atoms with van der Waals surface area (Å²) in [6, 6.07) is 8.73. The number of amides is 1. The summed E-state index contributed by atoms with van der Waals surface area (Å²) in [5.74, 6) is 0. The third kappa shape index (κ3) is 0.922. The molecule has 1 aromatic carbocycles. The molecule has 2 rings (SSSR count). The molecule has 1 aliphatic rings. The Morgan fingerprint density at radius 3 is 2.50 bits per heavy atom. The molecule has 1 saturated heterocycles. The second-order valence-corrected chi connectivity index (χ2v) is 2.46. The molecule has 12 heavy (non-hydrogen) atoms. The Morgan fingerprint density at radius 1 is 1.33 bits per heavy atom. The molecule has 4 heteroatoms. The summed E-state index contributed by atoms with van der Waals surface area (Å²) >= 11 is 0. The van der Waals surface area contributed by atoms with E-state index in [4.69, 9.17) is 0 Å². The van der Waals surface area contributed by atoms with E-state index in [1.807, 2.05) is 6.07 Å². The van der Waals surface area contributed by atoms with Crippen molar-refractivity contribution in [2.45, 2.75) is 6.23 Å². The summed E-state index contributed by atoms with van der Waals surface area (Å²) in [6.07, 6.45) is -1.78. The first-order valence-corrected chi connectivity index (χ1v) is 3.49. The molecule has 0 saturated carbocycles. The van der Waals surface area contributed by atoms with Gasteiger partial charge in [0, 0.05) is 5.56 Å². The highest BCUT2D eigenvalue weighted by atomic mass is 19.2. The molecule has 0 unspecified atom stereocenters. The second-order valence-electron chi connectivity index (χ2n) is 2.46. The lowest BCUT2D eigenvalue weighted by Crippen LogP contribution is -2.42. The van der Waals surface area contributed by atoms with Crippen LogP contribution in [0.15, 0.2) is 30.3 Å². The van der Waals surface area contributed by atoms with Crippen molar-refractivity contribution in [1.82, 2.24) is 5.12 Å². The molecule has 0 aromatic heterocycles. The summed E-state index contributed by atoms with van der Waals surface area (Å²) in [7, 11) is 0. The van der Waals surface area contributed by atoms with Crippen molar-refractivity contribution in [2.75, 3.05) is 0 Å². The monoisotopic (exact) mass is 167 g/mol. The van der Waals surface area contributed by atoms with E-state index < -0.39 is 12.3 Å². The molecule has 0 radical (unpaired) electrons. The number of carbonyl (C=O) groups excluding carboxylic acids is 1. The minimum Gasteiger partial charge on any atom is -0.416 e. The third-order valence-corrected chi connectivity index (χ3v) is 1.68.